The molecule has 1 aromatic rings. The molecule has 0 unspecified atom stereocenters. The van der Waals surface area contributed by atoms with Crippen LogP contribution in [0.5, 0.6) is 0 Å². The molecule has 22 heavy (non-hydrogen) atoms. The Kier molecular flexibility index (Phi) is 4.49. The minimum atomic E-state index is -2.95. The summed E-state index contributed by atoms with van der Waals surface area (Å²) in [5, 5.41) is 0. The highest BCUT2D eigenvalue weighted by Crippen LogP contribution is 2.15. The Labute approximate surface area is 131 Å². The largest absolute Gasteiger partial charge is 0.337 e. The molecule has 0 atom stereocenters. The van der Waals surface area contributed by atoms with Gasteiger partial charge < -0.3 is 4.90 Å². The van der Waals surface area contributed by atoms with Crippen molar-refractivity contribution in [2.75, 3.05) is 37.7 Å². The molecule has 1 aromatic carbocycles. The van der Waals surface area contributed by atoms with Gasteiger partial charge in [0.05, 0.1) is 11.5 Å². The van der Waals surface area contributed by atoms with E-state index < -0.39 is 9.84 Å². The van der Waals surface area contributed by atoms with Crippen LogP contribution in [0.2, 0.25) is 0 Å². The normalized spacial score (nSPS) is 21.9. The standard InChI is InChI=1S/C16H22N2O3S/c19-16(18-9-11-22(20,21)12-10-18)15-5-3-14(4-6-15)13-17-7-1-2-8-17/h3-6H,1-2,7-13H2. The molecule has 5 nitrogen and oxygen atoms in total. The molecule has 2 aliphatic heterocycles. The average Bonchev–Trinajstić information content (AvgIpc) is 3.00. The zero-order valence-corrected chi connectivity index (χ0v) is 13.5. The van der Waals surface area contributed by atoms with Crippen molar-refractivity contribution in [2.45, 2.75) is 19.4 Å². The van der Waals surface area contributed by atoms with Crippen LogP contribution in [0.1, 0.15) is 28.8 Å². The van der Waals surface area contributed by atoms with Crippen molar-refractivity contribution < 1.29 is 13.2 Å². The van der Waals surface area contributed by atoms with E-state index in [9.17, 15) is 13.2 Å². The third-order valence-corrected chi connectivity index (χ3v) is 6.05. The molecule has 2 heterocycles. The first-order chi connectivity index (χ1) is 10.5. The van der Waals surface area contributed by atoms with Gasteiger partial charge >= 0.3 is 0 Å². The molecular formula is C16H22N2O3S. The summed E-state index contributed by atoms with van der Waals surface area (Å²) in [5.74, 6) is 0.0833. The lowest BCUT2D eigenvalue weighted by atomic mass is 10.1. The average molecular weight is 322 g/mol. The van der Waals surface area contributed by atoms with Gasteiger partial charge in [-0.2, -0.15) is 0 Å². The van der Waals surface area contributed by atoms with Gasteiger partial charge in [-0.15, -0.1) is 0 Å². The number of nitrogens with zero attached hydrogens (tertiary/aromatic N) is 2. The highest BCUT2D eigenvalue weighted by Gasteiger charge is 2.25. The summed E-state index contributed by atoms with van der Waals surface area (Å²) in [7, 11) is -2.95. The molecule has 0 aromatic heterocycles. The van der Waals surface area contributed by atoms with Gasteiger partial charge in [0.25, 0.3) is 5.91 Å². The van der Waals surface area contributed by atoms with Crippen LogP contribution in [0.25, 0.3) is 0 Å². The number of likely N-dealkylation sites (tertiary alicyclic amines) is 1. The molecule has 0 saturated carbocycles. The number of hydrogen-bond acceptors (Lipinski definition) is 4. The molecule has 2 aliphatic rings. The van der Waals surface area contributed by atoms with E-state index in [1.54, 1.807) is 4.90 Å². The number of carbonyl (C=O) groups excluding carboxylic acids is 1. The summed E-state index contributed by atoms with van der Waals surface area (Å²) in [6.07, 6.45) is 2.54. The summed E-state index contributed by atoms with van der Waals surface area (Å²) in [6.45, 7) is 3.86. The van der Waals surface area contributed by atoms with Gasteiger partial charge in [-0.1, -0.05) is 12.1 Å². The van der Waals surface area contributed by atoms with Crippen molar-refractivity contribution in [2.24, 2.45) is 0 Å². The van der Waals surface area contributed by atoms with Crippen molar-refractivity contribution in [3.63, 3.8) is 0 Å². The second-order valence-corrected chi connectivity index (χ2v) is 8.43. The van der Waals surface area contributed by atoms with Crippen LogP contribution in [-0.2, 0) is 16.4 Å². The summed E-state index contributed by atoms with van der Waals surface area (Å²) in [4.78, 5) is 16.4. The second kappa shape index (κ2) is 6.38. The topological polar surface area (TPSA) is 57.7 Å². The van der Waals surface area contributed by atoms with Crippen LogP contribution in [-0.4, -0.2) is 61.8 Å². The lowest BCUT2D eigenvalue weighted by molar-refractivity contribution is 0.0770. The van der Waals surface area contributed by atoms with E-state index in [-0.39, 0.29) is 17.4 Å². The summed E-state index contributed by atoms with van der Waals surface area (Å²) >= 11 is 0. The number of amides is 1. The number of carbonyl (C=O) groups is 1. The first-order valence-corrected chi connectivity index (χ1v) is 9.67. The molecule has 0 spiro atoms. The van der Waals surface area contributed by atoms with Gasteiger partial charge in [-0.25, -0.2) is 8.42 Å². The highest BCUT2D eigenvalue weighted by molar-refractivity contribution is 7.91. The molecule has 1 amide bonds. The quantitative estimate of drug-likeness (QED) is 0.838. The van der Waals surface area contributed by atoms with Crippen LogP contribution >= 0.6 is 0 Å². The van der Waals surface area contributed by atoms with Gasteiger partial charge in [0.15, 0.2) is 9.84 Å². The monoisotopic (exact) mass is 322 g/mol. The van der Waals surface area contributed by atoms with Crippen molar-refractivity contribution in [3.05, 3.63) is 35.4 Å². The van der Waals surface area contributed by atoms with Crippen LogP contribution in [0.3, 0.4) is 0 Å². The smallest absolute Gasteiger partial charge is 0.253 e. The molecule has 2 saturated heterocycles. The Morgan fingerprint density at radius 3 is 2.14 bits per heavy atom. The van der Waals surface area contributed by atoms with Crippen molar-refractivity contribution >= 4 is 15.7 Å². The van der Waals surface area contributed by atoms with E-state index in [1.165, 1.54) is 18.4 Å². The van der Waals surface area contributed by atoms with Crippen LogP contribution in [0.15, 0.2) is 24.3 Å². The lowest BCUT2D eigenvalue weighted by Gasteiger charge is -2.26. The Balaban J connectivity index is 1.61. The minimum Gasteiger partial charge on any atom is -0.337 e. The molecule has 120 valence electrons. The fourth-order valence-electron chi connectivity index (χ4n) is 3.05. The fourth-order valence-corrected chi connectivity index (χ4v) is 4.25. The summed E-state index contributed by atoms with van der Waals surface area (Å²) < 4.78 is 22.8. The molecule has 0 bridgehead atoms. The zero-order chi connectivity index (χ0) is 15.6. The van der Waals surface area contributed by atoms with Gasteiger partial charge in [0.2, 0.25) is 0 Å². The van der Waals surface area contributed by atoms with E-state index in [2.05, 4.69) is 4.90 Å². The van der Waals surface area contributed by atoms with Gasteiger partial charge in [-0.3, -0.25) is 9.69 Å². The maximum atomic E-state index is 12.4. The van der Waals surface area contributed by atoms with Crippen LogP contribution in [0.4, 0.5) is 0 Å². The number of rotatable bonds is 3. The van der Waals surface area contributed by atoms with Gasteiger partial charge in [0.1, 0.15) is 0 Å². The van der Waals surface area contributed by atoms with E-state index in [0.717, 1.165) is 19.6 Å². The number of sulfone groups is 1. The Bertz CT molecular complexity index is 620. The Morgan fingerprint density at radius 2 is 1.55 bits per heavy atom. The Hall–Kier alpha value is -1.40. The maximum absolute atomic E-state index is 12.4. The number of benzene rings is 1. The van der Waals surface area contributed by atoms with E-state index in [1.807, 2.05) is 24.3 Å². The van der Waals surface area contributed by atoms with Crippen molar-refractivity contribution in [1.29, 1.82) is 0 Å². The molecule has 0 aliphatic carbocycles. The minimum absolute atomic E-state index is 0.0670. The third-order valence-electron chi connectivity index (χ3n) is 4.44. The predicted molar refractivity (Wildman–Crippen MR) is 85.5 cm³/mol. The van der Waals surface area contributed by atoms with E-state index >= 15 is 0 Å². The molecule has 3 rings (SSSR count). The predicted octanol–water partition coefficient (Wildman–Crippen LogP) is 1.15. The molecule has 6 heteroatoms. The summed E-state index contributed by atoms with van der Waals surface area (Å²) in [5.41, 5.74) is 1.86. The van der Waals surface area contributed by atoms with Crippen molar-refractivity contribution in [1.82, 2.24) is 9.80 Å². The third kappa shape index (κ3) is 3.67. The van der Waals surface area contributed by atoms with Crippen LogP contribution < -0.4 is 0 Å². The molecule has 0 N–H and O–H groups in total. The summed E-state index contributed by atoms with van der Waals surface area (Å²) in [6, 6.07) is 7.73. The zero-order valence-electron chi connectivity index (χ0n) is 12.7. The molecule has 2 fully saturated rings. The highest BCUT2D eigenvalue weighted by atomic mass is 32.2. The second-order valence-electron chi connectivity index (χ2n) is 6.12. The number of hydrogen-bond donors (Lipinski definition) is 0. The molecular weight excluding hydrogens is 300 g/mol. The first kappa shape index (κ1) is 15.5. The van der Waals surface area contributed by atoms with Gasteiger partial charge in [0, 0.05) is 25.2 Å². The molecule has 0 radical (unpaired) electrons. The first-order valence-electron chi connectivity index (χ1n) is 7.84. The lowest BCUT2D eigenvalue weighted by Crippen LogP contribution is -2.43. The van der Waals surface area contributed by atoms with Crippen LogP contribution in [0, 0.1) is 0 Å². The van der Waals surface area contributed by atoms with Gasteiger partial charge in [-0.05, 0) is 43.6 Å². The van der Waals surface area contributed by atoms with Crippen molar-refractivity contribution in [3.8, 4) is 0 Å². The van der Waals surface area contributed by atoms with E-state index in [4.69, 9.17) is 0 Å². The van der Waals surface area contributed by atoms with E-state index in [0.29, 0.717) is 18.7 Å². The maximum Gasteiger partial charge on any atom is 0.253 e. The SMILES string of the molecule is O=C(c1ccc(CN2CCCC2)cc1)N1CCS(=O)(=O)CC1. The fraction of sp³-hybridized carbons (Fsp3) is 0.562. The Morgan fingerprint density at radius 1 is 0.955 bits per heavy atom.